The summed E-state index contributed by atoms with van der Waals surface area (Å²) in [5.41, 5.74) is -1.71. The zero-order valence-corrected chi connectivity index (χ0v) is 11.1. The SMILES string of the molecule is COC(=O)[C@]12CO[C@H](C(C)(C)C)N1C(=O)C[C@@H]2O. The molecule has 18 heavy (non-hydrogen) atoms. The number of amides is 1. The van der Waals surface area contributed by atoms with Crippen LogP contribution in [0.2, 0.25) is 0 Å². The number of hydrogen-bond donors (Lipinski definition) is 1. The highest BCUT2D eigenvalue weighted by Crippen LogP contribution is 2.44. The fourth-order valence-electron chi connectivity index (χ4n) is 2.71. The summed E-state index contributed by atoms with van der Waals surface area (Å²) in [5, 5.41) is 10.1. The molecule has 0 aliphatic carbocycles. The zero-order valence-electron chi connectivity index (χ0n) is 11.1. The number of carbonyl (C=O) groups excluding carboxylic acids is 2. The van der Waals surface area contributed by atoms with Crippen LogP contribution in [0.1, 0.15) is 27.2 Å². The molecule has 2 rings (SSSR count). The number of rotatable bonds is 1. The van der Waals surface area contributed by atoms with Crippen LogP contribution in [0.15, 0.2) is 0 Å². The predicted molar refractivity (Wildman–Crippen MR) is 61.4 cm³/mol. The molecule has 2 aliphatic rings. The average Bonchev–Trinajstić information content (AvgIpc) is 2.77. The molecule has 0 radical (unpaired) electrons. The molecule has 2 fully saturated rings. The summed E-state index contributed by atoms with van der Waals surface area (Å²) in [6.45, 7) is 5.74. The Morgan fingerprint density at radius 2 is 2.17 bits per heavy atom. The first-order valence-electron chi connectivity index (χ1n) is 5.95. The van der Waals surface area contributed by atoms with E-state index in [-0.39, 0.29) is 24.3 Å². The third kappa shape index (κ3) is 1.55. The Morgan fingerprint density at radius 3 is 2.67 bits per heavy atom. The fraction of sp³-hybridized carbons (Fsp3) is 0.833. The molecule has 2 aliphatic heterocycles. The number of carbonyl (C=O) groups is 2. The van der Waals surface area contributed by atoms with Crippen molar-refractivity contribution in [2.75, 3.05) is 13.7 Å². The van der Waals surface area contributed by atoms with E-state index in [1.807, 2.05) is 20.8 Å². The topological polar surface area (TPSA) is 76.1 Å². The van der Waals surface area contributed by atoms with E-state index in [1.54, 1.807) is 0 Å². The van der Waals surface area contributed by atoms with Crippen molar-refractivity contribution in [2.24, 2.45) is 5.41 Å². The Hall–Kier alpha value is -1.14. The molecule has 3 atom stereocenters. The fourth-order valence-corrected chi connectivity index (χ4v) is 2.71. The highest BCUT2D eigenvalue weighted by atomic mass is 16.6. The Balaban J connectivity index is 2.45. The van der Waals surface area contributed by atoms with Gasteiger partial charge in [0.15, 0.2) is 5.54 Å². The summed E-state index contributed by atoms with van der Waals surface area (Å²) in [7, 11) is 1.25. The average molecular weight is 257 g/mol. The largest absolute Gasteiger partial charge is 0.467 e. The van der Waals surface area contributed by atoms with E-state index in [1.165, 1.54) is 12.0 Å². The summed E-state index contributed by atoms with van der Waals surface area (Å²) in [4.78, 5) is 25.4. The van der Waals surface area contributed by atoms with Crippen LogP contribution >= 0.6 is 0 Å². The van der Waals surface area contributed by atoms with Crippen molar-refractivity contribution in [1.29, 1.82) is 0 Å². The second-order valence-corrected chi connectivity index (χ2v) is 5.93. The van der Waals surface area contributed by atoms with Gasteiger partial charge in [-0.25, -0.2) is 4.79 Å². The molecule has 0 aromatic heterocycles. The lowest BCUT2D eigenvalue weighted by molar-refractivity contribution is -0.161. The molecule has 0 unspecified atom stereocenters. The van der Waals surface area contributed by atoms with Gasteiger partial charge in [0.2, 0.25) is 5.91 Å². The van der Waals surface area contributed by atoms with Crippen LogP contribution in [-0.4, -0.2) is 53.5 Å². The minimum atomic E-state index is -1.37. The van der Waals surface area contributed by atoms with Gasteiger partial charge in [0, 0.05) is 5.41 Å². The van der Waals surface area contributed by atoms with Crippen LogP contribution in [0, 0.1) is 5.41 Å². The third-order valence-electron chi connectivity index (χ3n) is 3.59. The van der Waals surface area contributed by atoms with Crippen molar-refractivity contribution in [3.8, 4) is 0 Å². The molecule has 1 amide bonds. The van der Waals surface area contributed by atoms with Crippen LogP contribution in [0.5, 0.6) is 0 Å². The van der Waals surface area contributed by atoms with Crippen LogP contribution in [0.25, 0.3) is 0 Å². The first-order valence-corrected chi connectivity index (χ1v) is 5.95. The molecule has 6 nitrogen and oxygen atoms in total. The minimum absolute atomic E-state index is 0.0193. The quantitative estimate of drug-likeness (QED) is 0.663. The van der Waals surface area contributed by atoms with Crippen molar-refractivity contribution in [2.45, 2.75) is 45.1 Å². The highest BCUT2D eigenvalue weighted by Gasteiger charge is 2.66. The molecule has 0 saturated carbocycles. The van der Waals surface area contributed by atoms with Crippen molar-refractivity contribution < 1.29 is 24.2 Å². The van der Waals surface area contributed by atoms with Crippen molar-refractivity contribution in [3.05, 3.63) is 0 Å². The Kier molecular flexibility index (Phi) is 2.90. The first kappa shape index (κ1) is 13.3. The molecular formula is C12H19NO5. The number of aliphatic hydroxyl groups excluding tert-OH is 1. The molecule has 0 spiro atoms. The maximum absolute atomic E-state index is 12.0. The highest BCUT2D eigenvalue weighted by molar-refractivity contribution is 5.94. The van der Waals surface area contributed by atoms with Crippen LogP contribution in [0.4, 0.5) is 0 Å². The number of ether oxygens (including phenoxy) is 2. The summed E-state index contributed by atoms with van der Waals surface area (Å²) in [6.07, 6.45) is -1.67. The van der Waals surface area contributed by atoms with E-state index >= 15 is 0 Å². The molecule has 2 saturated heterocycles. The van der Waals surface area contributed by atoms with E-state index in [2.05, 4.69) is 0 Å². The predicted octanol–water partition coefficient (Wildman–Crippen LogP) is -0.106. The maximum atomic E-state index is 12.0. The third-order valence-corrected chi connectivity index (χ3v) is 3.59. The Morgan fingerprint density at radius 1 is 1.56 bits per heavy atom. The van der Waals surface area contributed by atoms with Gasteiger partial charge in [-0.15, -0.1) is 0 Å². The van der Waals surface area contributed by atoms with Gasteiger partial charge in [-0.1, -0.05) is 20.8 Å². The van der Waals surface area contributed by atoms with E-state index < -0.39 is 23.8 Å². The normalized spacial score (nSPS) is 35.8. The second-order valence-electron chi connectivity index (χ2n) is 5.93. The summed E-state index contributed by atoms with van der Waals surface area (Å²) in [6, 6.07) is 0. The number of aliphatic hydroxyl groups is 1. The van der Waals surface area contributed by atoms with Gasteiger partial charge >= 0.3 is 5.97 Å². The number of methoxy groups -OCH3 is 1. The van der Waals surface area contributed by atoms with Gasteiger partial charge in [-0.3, -0.25) is 9.69 Å². The van der Waals surface area contributed by atoms with Crippen molar-refractivity contribution in [3.63, 3.8) is 0 Å². The summed E-state index contributed by atoms with van der Waals surface area (Å²) < 4.78 is 10.3. The molecule has 0 aromatic rings. The summed E-state index contributed by atoms with van der Waals surface area (Å²) >= 11 is 0. The van der Waals surface area contributed by atoms with E-state index in [0.29, 0.717) is 0 Å². The second kappa shape index (κ2) is 3.93. The summed E-state index contributed by atoms with van der Waals surface area (Å²) in [5.74, 6) is -0.891. The number of hydrogen-bond acceptors (Lipinski definition) is 5. The monoisotopic (exact) mass is 257 g/mol. The molecule has 0 bridgehead atoms. The minimum Gasteiger partial charge on any atom is -0.467 e. The van der Waals surface area contributed by atoms with E-state index in [9.17, 15) is 14.7 Å². The van der Waals surface area contributed by atoms with Gasteiger partial charge in [-0.05, 0) is 0 Å². The smallest absolute Gasteiger partial charge is 0.337 e. The van der Waals surface area contributed by atoms with Crippen molar-refractivity contribution >= 4 is 11.9 Å². The molecule has 0 aromatic carbocycles. The van der Waals surface area contributed by atoms with Gasteiger partial charge in [0.1, 0.15) is 6.23 Å². The van der Waals surface area contributed by atoms with Gasteiger partial charge in [-0.2, -0.15) is 0 Å². The Labute approximate surface area is 106 Å². The Bertz CT molecular complexity index is 388. The van der Waals surface area contributed by atoms with Crippen LogP contribution in [-0.2, 0) is 19.1 Å². The standard InChI is InChI=1S/C12H19NO5/c1-11(2,3)9-13-8(15)5-7(14)12(13,6-18-9)10(16)17-4/h7,9,14H,5-6H2,1-4H3/t7-,9+,12+/m0/s1. The molecule has 6 heteroatoms. The molecule has 102 valence electrons. The number of esters is 1. The van der Waals surface area contributed by atoms with Gasteiger partial charge < -0.3 is 14.6 Å². The van der Waals surface area contributed by atoms with Crippen LogP contribution < -0.4 is 0 Å². The lowest BCUT2D eigenvalue weighted by Crippen LogP contribution is -2.59. The first-order chi connectivity index (χ1) is 8.25. The lowest BCUT2D eigenvalue weighted by Gasteiger charge is -2.36. The molecule has 1 N–H and O–H groups in total. The number of fused-ring (bicyclic) bond motifs is 1. The van der Waals surface area contributed by atoms with Crippen molar-refractivity contribution in [1.82, 2.24) is 4.90 Å². The molecule has 2 heterocycles. The van der Waals surface area contributed by atoms with Crippen LogP contribution in [0.3, 0.4) is 0 Å². The number of nitrogens with zero attached hydrogens (tertiary/aromatic N) is 1. The van der Waals surface area contributed by atoms with Gasteiger partial charge in [0.25, 0.3) is 0 Å². The van der Waals surface area contributed by atoms with E-state index in [4.69, 9.17) is 9.47 Å². The van der Waals surface area contributed by atoms with E-state index in [0.717, 1.165) is 0 Å². The maximum Gasteiger partial charge on any atom is 0.337 e. The van der Waals surface area contributed by atoms with Gasteiger partial charge in [0.05, 0.1) is 26.2 Å². The zero-order chi connectivity index (χ0) is 13.7. The molecular weight excluding hydrogens is 238 g/mol. The lowest BCUT2D eigenvalue weighted by atomic mass is 9.91.